The first kappa shape index (κ1) is 84.8. The van der Waals surface area contributed by atoms with Crippen LogP contribution in [0.25, 0.3) is 0 Å². The molecular weight excluding hydrogens is 1170 g/mol. The molecule has 524 valence electrons. The van der Waals surface area contributed by atoms with Gasteiger partial charge in [-0.2, -0.15) is 0 Å². The molecule has 0 aromatic carbocycles. The summed E-state index contributed by atoms with van der Waals surface area (Å²) >= 11 is 0. The molecule has 26 heteroatoms. The van der Waals surface area contributed by atoms with Crippen LogP contribution in [0.4, 0.5) is 0 Å². The van der Waals surface area contributed by atoms with Crippen molar-refractivity contribution in [2.45, 2.75) is 261 Å². The van der Waals surface area contributed by atoms with Gasteiger partial charge < -0.3 is 76.5 Å². The molecule has 15 atom stereocenters. The Morgan fingerprint density at radius 3 is 1.25 bits per heavy atom. The van der Waals surface area contributed by atoms with Gasteiger partial charge in [-0.05, 0) is 137 Å². The van der Waals surface area contributed by atoms with Crippen LogP contribution in [0.5, 0.6) is 0 Å². The molecule has 0 aromatic heterocycles. The Morgan fingerprint density at radius 2 is 0.846 bits per heavy atom. The van der Waals surface area contributed by atoms with Crippen molar-refractivity contribution in [1.29, 1.82) is 0 Å². The summed E-state index contributed by atoms with van der Waals surface area (Å²) in [4.78, 5) is 161. The lowest BCUT2D eigenvalue weighted by atomic mass is 9.91. The van der Waals surface area contributed by atoms with Crippen molar-refractivity contribution in [1.82, 2.24) is 56.4 Å². The summed E-state index contributed by atoms with van der Waals surface area (Å²) < 4.78 is 6.18. The Hall–Kier alpha value is -6.25. The maximum absolute atomic E-state index is 14.8. The number of aliphatic carboxylic acids is 1. The summed E-state index contributed by atoms with van der Waals surface area (Å²) in [6, 6.07) is -13.8. The highest BCUT2D eigenvalue weighted by molar-refractivity contribution is 5.99. The summed E-state index contributed by atoms with van der Waals surface area (Å²) in [5.41, 5.74) is -0.696. The van der Waals surface area contributed by atoms with Gasteiger partial charge in [0.05, 0.1) is 30.0 Å². The second-order valence-electron chi connectivity index (χ2n) is 27.7. The van der Waals surface area contributed by atoms with Crippen LogP contribution in [0.1, 0.15) is 171 Å². The van der Waals surface area contributed by atoms with Crippen molar-refractivity contribution in [2.24, 2.45) is 35.5 Å². The lowest BCUT2D eigenvalue weighted by Crippen LogP contribution is -2.63. The third-order valence-electron chi connectivity index (χ3n) is 15.9. The number of aliphatic hydroxyl groups excluding tert-OH is 2. The number of aliphatic hydroxyl groups is 2. The molecule has 0 rings (SSSR count). The molecule has 9 N–H and O–H groups in total. The van der Waals surface area contributed by atoms with E-state index in [-0.39, 0.29) is 61.7 Å². The summed E-state index contributed by atoms with van der Waals surface area (Å²) in [7, 11) is 8.57. The molecule has 91 heavy (non-hydrogen) atoms. The van der Waals surface area contributed by atoms with Gasteiger partial charge in [0.2, 0.25) is 59.1 Å². The highest BCUT2D eigenvalue weighted by atomic mass is 16.5. The molecule has 0 radical (unpaired) electrons. The van der Waals surface area contributed by atoms with Crippen molar-refractivity contribution < 1.29 is 72.8 Å². The highest BCUT2D eigenvalue weighted by Gasteiger charge is 2.45. The van der Waals surface area contributed by atoms with E-state index in [4.69, 9.17) is 4.74 Å². The summed E-state index contributed by atoms with van der Waals surface area (Å²) in [6.07, 6.45) is 0.387. The smallest absolute Gasteiger partial charge is 0.328 e. The fraction of sp³-hybridized carbons (Fsp3) is 0.800. The van der Waals surface area contributed by atoms with Gasteiger partial charge in [-0.1, -0.05) is 88.3 Å². The zero-order valence-electron chi connectivity index (χ0n) is 59.7. The maximum atomic E-state index is 14.8. The van der Waals surface area contributed by atoms with E-state index in [0.717, 1.165) is 9.80 Å². The predicted octanol–water partition coefficient (Wildman–Crippen LogP) is 2.67. The van der Waals surface area contributed by atoms with Crippen LogP contribution >= 0.6 is 0 Å². The van der Waals surface area contributed by atoms with E-state index >= 15 is 0 Å². The molecule has 0 aliphatic rings. The minimum atomic E-state index is -1.78. The molecule has 0 aliphatic heterocycles. The van der Waals surface area contributed by atoms with Crippen molar-refractivity contribution >= 4 is 65.0 Å². The topological polar surface area (TPSA) is 346 Å². The fourth-order valence-electron chi connectivity index (χ4n) is 10.8. The Kier molecular flexibility index (Phi) is 36.0. The highest BCUT2D eigenvalue weighted by Crippen LogP contribution is 2.24. The van der Waals surface area contributed by atoms with Crippen LogP contribution in [-0.2, 0) is 57.5 Å². The van der Waals surface area contributed by atoms with Crippen molar-refractivity contribution in [3.05, 3.63) is 12.2 Å². The number of likely N-dealkylation sites (N-methyl/N-ethyl adjacent to an activating group) is 6. The number of rotatable bonds is 38. The van der Waals surface area contributed by atoms with E-state index in [9.17, 15) is 68.1 Å². The number of carbonyl (C=O) groups excluding carboxylic acids is 10. The minimum absolute atomic E-state index is 0.0798. The molecule has 1 unspecified atom stereocenters. The van der Waals surface area contributed by atoms with Gasteiger partial charge in [0.25, 0.3) is 0 Å². The van der Waals surface area contributed by atoms with Gasteiger partial charge in [-0.3, -0.25) is 47.9 Å². The third-order valence-corrected chi connectivity index (χ3v) is 15.9. The number of nitrogens with zero attached hydrogens (tertiary/aromatic N) is 5. The molecular formula is C65H119N11O15. The molecule has 0 aliphatic carbocycles. The molecule has 0 heterocycles. The molecule has 0 spiro atoms. The Labute approximate surface area is 543 Å². The quantitative estimate of drug-likeness (QED) is 0.0401. The molecule has 0 aromatic rings. The molecule has 0 saturated heterocycles. The van der Waals surface area contributed by atoms with E-state index in [1.807, 2.05) is 76.2 Å². The number of amides is 10. The standard InChI is InChI=1S/C65H119N11O15/c1-27-28-29-39(12)53(78)52(58(83)71-49(43(16)77)64(89)90)76(26)63(88)50(38(10)11)74(24)62(87)46(31-35(4)5)69-56(81)48(33-37(8)9)72(22)60(85)42(15)68-54(79)40(13)67-55(80)47(32-36(6)7)73(23)61(86)45(30-34(2)3)70-57(82)51(44(17)91-65(18,19)20)75(25)59(84)41(14)66-21/h27-28,34-53,66,77-78H,29-33H2,1-26H3,(H,67,80)(H,68,79)(H,69,81)(H,70,82)(H,71,83)(H,89,90)/t39-,40+,41-,42-,43-,44?,45+,46+,47+,48+,49+,50+,51+,52+,53-/m1/s1. The third kappa shape index (κ3) is 26.7. The summed E-state index contributed by atoms with van der Waals surface area (Å²) in [6.45, 7) is 34.3. The first-order valence-electron chi connectivity index (χ1n) is 32.1. The number of carbonyl (C=O) groups is 11. The van der Waals surface area contributed by atoms with Crippen molar-refractivity contribution in [3.63, 3.8) is 0 Å². The van der Waals surface area contributed by atoms with Gasteiger partial charge in [-0.15, -0.1) is 0 Å². The maximum Gasteiger partial charge on any atom is 0.328 e. The SMILES string of the molecule is CC=CC[C@@H](C)[C@@H](O)[C@@H](C(=O)N[C@H](C(=O)O)[C@@H](C)O)N(C)C(=O)[C@H](C(C)C)N(C)C(=O)[C@H](CC(C)C)NC(=O)[C@H](CC(C)C)N(C)C(=O)[C@@H](C)NC(=O)[C@H](C)NC(=O)[C@H](CC(C)C)N(C)C(=O)[C@H](CC(C)C)NC(=O)[C@H](C(C)OC(C)(C)C)N(C)C(=O)[C@@H](C)NC. The number of ether oxygens (including phenoxy) is 1. The summed E-state index contributed by atoms with van der Waals surface area (Å²) in [5, 5.41) is 47.8. The Bertz CT molecular complexity index is 2450. The lowest BCUT2D eigenvalue weighted by Gasteiger charge is -2.40. The van der Waals surface area contributed by atoms with Gasteiger partial charge in [0, 0.05) is 35.2 Å². The van der Waals surface area contributed by atoms with Gasteiger partial charge in [-0.25, -0.2) is 4.79 Å². The molecule has 0 bridgehead atoms. The van der Waals surface area contributed by atoms with Crippen LogP contribution in [0.2, 0.25) is 0 Å². The van der Waals surface area contributed by atoms with Gasteiger partial charge >= 0.3 is 5.97 Å². The number of allylic oxidation sites excluding steroid dienone is 2. The van der Waals surface area contributed by atoms with Crippen LogP contribution in [-0.4, -0.2) is 238 Å². The monoisotopic (exact) mass is 1290 g/mol. The minimum Gasteiger partial charge on any atom is -0.480 e. The Morgan fingerprint density at radius 1 is 0.462 bits per heavy atom. The first-order chi connectivity index (χ1) is 41.7. The van der Waals surface area contributed by atoms with Gasteiger partial charge in [0.1, 0.15) is 54.4 Å². The average molecular weight is 1290 g/mol. The van der Waals surface area contributed by atoms with Crippen LogP contribution < -0.4 is 31.9 Å². The van der Waals surface area contributed by atoms with E-state index in [0.29, 0.717) is 0 Å². The van der Waals surface area contributed by atoms with E-state index < -0.39 is 161 Å². The normalized spacial score (nSPS) is 17.0. The Balaban J connectivity index is 6.93. The van der Waals surface area contributed by atoms with Gasteiger partial charge in [0.15, 0.2) is 6.04 Å². The number of hydrogen-bond donors (Lipinski definition) is 9. The van der Waals surface area contributed by atoms with E-state index in [1.165, 1.54) is 70.7 Å². The van der Waals surface area contributed by atoms with Crippen molar-refractivity contribution in [3.8, 4) is 0 Å². The lowest BCUT2D eigenvalue weighted by molar-refractivity contribution is -0.155. The van der Waals surface area contributed by atoms with E-state index in [2.05, 4.69) is 31.9 Å². The zero-order valence-corrected chi connectivity index (χ0v) is 59.7. The second kappa shape index (κ2) is 38.7. The number of carboxylic acids is 1. The van der Waals surface area contributed by atoms with Crippen LogP contribution in [0, 0.1) is 35.5 Å². The molecule has 26 nitrogen and oxygen atoms in total. The summed E-state index contributed by atoms with van der Waals surface area (Å²) in [5.74, 6) is -10.4. The fourth-order valence-corrected chi connectivity index (χ4v) is 10.8. The average Bonchev–Trinajstić information content (AvgIpc) is 1.01. The second-order valence-corrected chi connectivity index (χ2v) is 27.7. The van der Waals surface area contributed by atoms with Crippen LogP contribution in [0.3, 0.4) is 0 Å². The van der Waals surface area contributed by atoms with E-state index in [1.54, 1.807) is 60.7 Å². The predicted molar refractivity (Wildman–Crippen MR) is 349 cm³/mol. The molecule has 10 amide bonds. The largest absolute Gasteiger partial charge is 0.480 e. The number of nitrogens with one attached hydrogen (secondary N) is 6. The number of hydrogen-bond acceptors (Lipinski definition) is 15. The molecule has 0 saturated carbocycles. The van der Waals surface area contributed by atoms with Crippen LogP contribution in [0.15, 0.2) is 12.2 Å². The first-order valence-corrected chi connectivity index (χ1v) is 32.1. The molecule has 0 fully saturated rings. The van der Waals surface area contributed by atoms with Crippen molar-refractivity contribution in [2.75, 3.05) is 42.3 Å². The zero-order chi connectivity index (χ0) is 71.2. The number of carboxylic acid groups (broad SMARTS) is 1.